The van der Waals surface area contributed by atoms with Gasteiger partial charge < -0.3 is 9.16 Å². The van der Waals surface area contributed by atoms with Crippen LogP contribution in [0.5, 0.6) is 11.5 Å². The van der Waals surface area contributed by atoms with E-state index in [1.54, 1.807) is 18.3 Å². The average Bonchev–Trinajstić information content (AvgIpc) is 3.36. The lowest BCUT2D eigenvalue weighted by Crippen LogP contribution is -2.43. The Hall–Kier alpha value is -3.26. The predicted octanol–water partition coefficient (Wildman–Crippen LogP) is 9.25. The summed E-state index contributed by atoms with van der Waals surface area (Å²) >= 11 is 1.59. The Bertz CT molecular complexity index is 1590. The molecule has 0 atom stereocenters. The van der Waals surface area contributed by atoms with Crippen molar-refractivity contribution in [2.45, 2.75) is 65.1 Å². The number of rotatable bonds is 10. The van der Waals surface area contributed by atoms with Crippen molar-refractivity contribution in [2.24, 2.45) is 0 Å². The predicted molar refractivity (Wildman–Crippen MR) is 181 cm³/mol. The maximum atomic E-state index is 14.1. The van der Waals surface area contributed by atoms with Crippen LogP contribution in [0.15, 0.2) is 66.7 Å². The Kier molecular flexibility index (Phi) is 9.25. The molecule has 0 aliphatic carbocycles. The van der Waals surface area contributed by atoms with Crippen LogP contribution in [0.25, 0.3) is 20.5 Å². The highest BCUT2D eigenvalue weighted by molar-refractivity contribution is 7.22. The normalized spacial score (nSPS) is 14.6. The van der Waals surface area contributed by atoms with E-state index in [9.17, 15) is 9.59 Å². The van der Waals surface area contributed by atoms with Crippen molar-refractivity contribution in [3.05, 3.63) is 83.4 Å². The van der Waals surface area contributed by atoms with Gasteiger partial charge in [0.25, 0.3) is 0 Å². The number of carbonyl (C=O) groups excluding carboxylic acids is 2. The first-order chi connectivity index (χ1) is 20.4. The fraction of sp³-hybridized carbons (Fsp3) is 0.389. The lowest BCUT2D eigenvalue weighted by Gasteiger charge is -2.36. The number of ketones is 2. The van der Waals surface area contributed by atoms with E-state index in [1.807, 2.05) is 60.7 Å². The number of hydrogen-bond acceptors (Lipinski definition) is 6. The van der Waals surface area contributed by atoms with Crippen molar-refractivity contribution in [1.82, 2.24) is 4.90 Å². The molecule has 0 bridgehead atoms. The van der Waals surface area contributed by atoms with Gasteiger partial charge in [-0.05, 0) is 99.0 Å². The zero-order valence-corrected chi connectivity index (χ0v) is 28.1. The first-order valence-electron chi connectivity index (χ1n) is 15.3. The standard InChI is InChI=1S/C36H43NO4SSi/c1-25(38)26-10-12-28(13-11-26)35-33(31-19-18-30(24-32(31)42-35)41-43(5,6)36(2,3)4)34(39)27-14-16-29(17-15-27)40-23-22-37-20-8-7-9-21-37/h10-19,24H,7-9,20-23H2,1-6H3. The van der Waals surface area contributed by atoms with Gasteiger partial charge in [-0.25, -0.2) is 0 Å². The molecule has 1 aliphatic rings. The van der Waals surface area contributed by atoms with Crippen LogP contribution in [0.1, 0.15) is 73.2 Å². The second kappa shape index (κ2) is 12.8. The fourth-order valence-electron chi connectivity index (χ4n) is 5.20. The molecule has 3 aromatic carbocycles. The summed E-state index contributed by atoms with van der Waals surface area (Å²) in [6.45, 7) is 16.6. The van der Waals surface area contributed by atoms with E-state index < -0.39 is 8.32 Å². The maximum absolute atomic E-state index is 14.1. The molecule has 0 amide bonds. The monoisotopic (exact) mass is 613 g/mol. The van der Waals surface area contributed by atoms with Gasteiger partial charge in [0.15, 0.2) is 11.6 Å². The average molecular weight is 614 g/mol. The second-order valence-corrected chi connectivity index (χ2v) is 18.8. The van der Waals surface area contributed by atoms with Gasteiger partial charge in [-0.15, -0.1) is 11.3 Å². The van der Waals surface area contributed by atoms with E-state index in [4.69, 9.17) is 9.16 Å². The molecule has 1 aromatic heterocycles. The summed E-state index contributed by atoms with van der Waals surface area (Å²) < 4.78 is 13.6. The van der Waals surface area contributed by atoms with Crippen LogP contribution in [-0.4, -0.2) is 51.0 Å². The van der Waals surface area contributed by atoms with Crippen molar-refractivity contribution in [1.29, 1.82) is 0 Å². The molecule has 0 unspecified atom stereocenters. The summed E-state index contributed by atoms with van der Waals surface area (Å²) in [5.41, 5.74) is 2.86. The van der Waals surface area contributed by atoms with E-state index in [1.165, 1.54) is 19.3 Å². The van der Waals surface area contributed by atoms with Crippen LogP contribution in [-0.2, 0) is 0 Å². The summed E-state index contributed by atoms with van der Waals surface area (Å²) in [6, 6.07) is 21.1. The van der Waals surface area contributed by atoms with Crippen LogP contribution in [0, 0.1) is 0 Å². The first-order valence-corrected chi connectivity index (χ1v) is 19.0. The molecule has 4 aromatic rings. The fourth-order valence-corrected chi connectivity index (χ4v) is 7.45. The van der Waals surface area contributed by atoms with E-state index in [0.29, 0.717) is 23.3 Å². The Morgan fingerprint density at radius 1 is 0.860 bits per heavy atom. The smallest absolute Gasteiger partial charge is 0.250 e. The van der Waals surface area contributed by atoms with Crippen LogP contribution in [0.4, 0.5) is 0 Å². The zero-order valence-electron chi connectivity index (χ0n) is 26.3. The molecular weight excluding hydrogens is 571 g/mol. The highest BCUT2D eigenvalue weighted by Gasteiger charge is 2.39. The van der Waals surface area contributed by atoms with Gasteiger partial charge in [-0.3, -0.25) is 14.5 Å². The molecule has 1 aliphatic heterocycles. The third-order valence-electron chi connectivity index (χ3n) is 8.86. The molecule has 43 heavy (non-hydrogen) atoms. The molecular formula is C36H43NO4SSi. The largest absolute Gasteiger partial charge is 0.543 e. The van der Waals surface area contributed by atoms with Crippen molar-refractivity contribution >= 4 is 41.3 Å². The summed E-state index contributed by atoms with van der Waals surface area (Å²) in [7, 11) is -2.03. The summed E-state index contributed by atoms with van der Waals surface area (Å²) in [6.07, 6.45) is 3.85. The number of benzene rings is 3. The second-order valence-electron chi connectivity index (χ2n) is 13.1. The van der Waals surface area contributed by atoms with Crippen molar-refractivity contribution in [3.63, 3.8) is 0 Å². The van der Waals surface area contributed by atoms with Gasteiger partial charge in [-0.2, -0.15) is 0 Å². The summed E-state index contributed by atoms with van der Waals surface area (Å²) in [5.74, 6) is 1.60. The Morgan fingerprint density at radius 3 is 2.12 bits per heavy atom. The van der Waals surface area contributed by atoms with Crippen molar-refractivity contribution in [2.75, 3.05) is 26.2 Å². The minimum Gasteiger partial charge on any atom is -0.543 e. The highest BCUT2D eigenvalue weighted by Crippen LogP contribution is 2.43. The molecule has 0 radical (unpaired) electrons. The molecule has 1 fully saturated rings. The highest BCUT2D eigenvalue weighted by atomic mass is 32.1. The number of nitrogens with zero attached hydrogens (tertiary/aromatic N) is 1. The maximum Gasteiger partial charge on any atom is 0.250 e. The molecule has 1 saturated heterocycles. The first kappa shape index (κ1) is 31.2. The number of hydrogen-bond donors (Lipinski definition) is 0. The van der Waals surface area contributed by atoms with E-state index in [-0.39, 0.29) is 16.6 Å². The minimum absolute atomic E-state index is 0.0184. The van der Waals surface area contributed by atoms with Crippen LogP contribution >= 0.6 is 11.3 Å². The van der Waals surface area contributed by atoms with Gasteiger partial charge in [0, 0.05) is 38.2 Å². The molecule has 5 rings (SSSR count). The Morgan fingerprint density at radius 2 is 1.49 bits per heavy atom. The van der Waals surface area contributed by atoms with Crippen molar-refractivity contribution in [3.8, 4) is 21.9 Å². The number of fused-ring (bicyclic) bond motifs is 1. The molecule has 226 valence electrons. The lowest BCUT2D eigenvalue weighted by atomic mass is 9.97. The molecule has 0 N–H and O–H groups in total. The number of thiophene rings is 1. The van der Waals surface area contributed by atoms with Crippen molar-refractivity contribution < 1.29 is 18.8 Å². The lowest BCUT2D eigenvalue weighted by molar-refractivity contribution is 0.101. The molecule has 0 spiro atoms. The third-order valence-corrected chi connectivity index (χ3v) is 14.4. The third kappa shape index (κ3) is 7.11. The van der Waals surface area contributed by atoms with E-state index in [0.717, 1.165) is 51.7 Å². The van der Waals surface area contributed by atoms with Gasteiger partial charge in [-0.1, -0.05) is 51.5 Å². The quantitative estimate of drug-likeness (QED) is 0.132. The zero-order chi connectivity index (χ0) is 30.8. The SMILES string of the molecule is CC(=O)c1ccc(-c2sc3cc(O[Si](C)(C)C(C)(C)C)ccc3c2C(=O)c2ccc(OCCN3CCCCC3)cc2)cc1. The number of piperidine rings is 1. The molecule has 5 nitrogen and oxygen atoms in total. The molecule has 0 saturated carbocycles. The number of likely N-dealkylation sites (tertiary alicyclic amines) is 1. The Labute approximate surface area is 261 Å². The van der Waals surface area contributed by atoms with Gasteiger partial charge >= 0.3 is 0 Å². The minimum atomic E-state index is -2.03. The van der Waals surface area contributed by atoms with Gasteiger partial charge in [0.1, 0.15) is 18.1 Å². The van der Waals surface area contributed by atoms with E-state index in [2.05, 4.69) is 44.8 Å². The number of carbonyl (C=O) groups is 2. The number of ether oxygens (including phenoxy) is 1. The number of Topliss-reactive ketones (excluding diaryl/α,β-unsaturated/α-hetero) is 1. The summed E-state index contributed by atoms with van der Waals surface area (Å²) in [5, 5.41) is 0.982. The van der Waals surface area contributed by atoms with Gasteiger partial charge in [0.2, 0.25) is 8.32 Å². The summed E-state index contributed by atoms with van der Waals surface area (Å²) in [4.78, 5) is 29.4. The van der Waals surface area contributed by atoms with Crippen LogP contribution in [0.3, 0.4) is 0 Å². The molecule has 2 heterocycles. The van der Waals surface area contributed by atoms with E-state index >= 15 is 0 Å². The van der Waals surface area contributed by atoms with Gasteiger partial charge in [0.05, 0.1) is 0 Å². The van der Waals surface area contributed by atoms with Crippen LogP contribution in [0.2, 0.25) is 18.1 Å². The Balaban J connectivity index is 1.45. The van der Waals surface area contributed by atoms with Crippen LogP contribution < -0.4 is 9.16 Å². The molecule has 7 heteroatoms. The topological polar surface area (TPSA) is 55.8 Å².